The number of aromatic hydroxyl groups is 1. The molecule has 1 heterocycles. The van der Waals surface area contributed by atoms with E-state index in [0.717, 1.165) is 22.9 Å². The van der Waals surface area contributed by atoms with Crippen LogP contribution in [0.5, 0.6) is 5.75 Å². The standard InChI is InChI=1S/C27H24N4O4S/c1-2-16-31-26(35)23(36-27(31)30-29-25(34)21-10-6-7-11-22(21)32)17-24(33)28-20-14-12-19(13-15-20)18-8-4-3-5-9-18/h2-15,23,32H,1,16-17H2,(H,28,33)(H,29,34)/b30-27+. The van der Waals surface area contributed by atoms with Crippen LogP contribution in [-0.2, 0) is 9.59 Å². The lowest BCUT2D eigenvalue weighted by Gasteiger charge is -2.13. The number of hydrazone groups is 1. The van der Waals surface area contributed by atoms with Crippen molar-refractivity contribution in [1.82, 2.24) is 10.3 Å². The van der Waals surface area contributed by atoms with Crippen molar-refractivity contribution in [2.24, 2.45) is 5.10 Å². The first kappa shape index (κ1) is 24.7. The van der Waals surface area contributed by atoms with Gasteiger partial charge in [0.25, 0.3) is 5.91 Å². The number of phenols is 1. The molecule has 1 saturated heterocycles. The highest BCUT2D eigenvalue weighted by Crippen LogP contribution is 2.30. The molecule has 3 N–H and O–H groups in total. The second-order valence-electron chi connectivity index (χ2n) is 7.89. The van der Waals surface area contributed by atoms with Crippen molar-refractivity contribution < 1.29 is 19.5 Å². The molecule has 8 nitrogen and oxygen atoms in total. The van der Waals surface area contributed by atoms with Crippen LogP contribution in [0.3, 0.4) is 0 Å². The number of amidine groups is 1. The number of benzene rings is 3. The summed E-state index contributed by atoms with van der Waals surface area (Å²) in [5.74, 6) is -1.41. The van der Waals surface area contributed by atoms with Crippen LogP contribution in [0.1, 0.15) is 16.8 Å². The summed E-state index contributed by atoms with van der Waals surface area (Å²) in [5.41, 5.74) is 5.15. The molecule has 0 aliphatic carbocycles. The van der Waals surface area contributed by atoms with Gasteiger partial charge >= 0.3 is 0 Å². The molecule has 3 aromatic carbocycles. The molecular weight excluding hydrogens is 476 g/mol. The lowest BCUT2D eigenvalue weighted by molar-refractivity contribution is -0.127. The lowest BCUT2D eigenvalue weighted by Crippen LogP contribution is -2.34. The highest BCUT2D eigenvalue weighted by molar-refractivity contribution is 8.15. The third kappa shape index (κ3) is 5.81. The average molecular weight is 501 g/mol. The van der Waals surface area contributed by atoms with Gasteiger partial charge in [-0.15, -0.1) is 11.7 Å². The summed E-state index contributed by atoms with van der Waals surface area (Å²) in [4.78, 5) is 39.3. The van der Waals surface area contributed by atoms with E-state index in [-0.39, 0.29) is 41.3 Å². The Hall–Kier alpha value is -4.37. The Bertz CT molecular complexity index is 1310. The van der Waals surface area contributed by atoms with Crippen LogP contribution >= 0.6 is 11.8 Å². The molecule has 0 aromatic heterocycles. The number of nitrogens with zero attached hydrogens (tertiary/aromatic N) is 2. The molecule has 1 atom stereocenters. The van der Waals surface area contributed by atoms with Crippen LogP contribution in [0.15, 0.2) is 96.6 Å². The van der Waals surface area contributed by atoms with Gasteiger partial charge in [-0.1, -0.05) is 72.4 Å². The zero-order valence-electron chi connectivity index (χ0n) is 19.3. The molecule has 3 amide bonds. The van der Waals surface area contributed by atoms with Crippen molar-refractivity contribution in [3.05, 3.63) is 97.1 Å². The van der Waals surface area contributed by atoms with Gasteiger partial charge in [0, 0.05) is 18.7 Å². The van der Waals surface area contributed by atoms with Crippen LogP contribution in [0.25, 0.3) is 11.1 Å². The number of carbonyl (C=O) groups is 3. The van der Waals surface area contributed by atoms with E-state index in [1.807, 2.05) is 54.6 Å². The summed E-state index contributed by atoms with van der Waals surface area (Å²) in [6, 6.07) is 23.4. The minimum absolute atomic E-state index is 0.0562. The van der Waals surface area contributed by atoms with Crippen LogP contribution < -0.4 is 10.7 Å². The number of phenolic OH excluding ortho intramolecular Hbond substituents is 1. The molecule has 0 spiro atoms. The Kier molecular flexibility index (Phi) is 7.82. The van der Waals surface area contributed by atoms with E-state index >= 15 is 0 Å². The molecule has 1 aliphatic heterocycles. The van der Waals surface area contributed by atoms with Gasteiger partial charge < -0.3 is 10.4 Å². The summed E-state index contributed by atoms with van der Waals surface area (Å²) in [7, 11) is 0. The molecule has 1 aliphatic rings. The number of hydrogen-bond acceptors (Lipinski definition) is 6. The first-order valence-corrected chi connectivity index (χ1v) is 12.0. The normalized spacial score (nSPS) is 16.1. The van der Waals surface area contributed by atoms with Crippen LogP contribution in [-0.4, -0.2) is 44.7 Å². The fourth-order valence-corrected chi connectivity index (χ4v) is 4.71. The average Bonchev–Trinajstić information content (AvgIpc) is 3.18. The van der Waals surface area contributed by atoms with Crippen molar-refractivity contribution in [2.45, 2.75) is 11.7 Å². The Morgan fingerprint density at radius 3 is 2.36 bits per heavy atom. The van der Waals surface area contributed by atoms with Crippen molar-refractivity contribution >= 4 is 40.3 Å². The number of para-hydroxylation sites is 1. The predicted molar refractivity (Wildman–Crippen MR) is 141 cm³/mol. The molecule has 9 heteroatoms. The van der Waals surface area contributed by atoms with Gasteiger partial charge in [0.2, 0.25) is 11.8 Å². The Morgan fingerprint density at radius 2 is 1.67 bits per heavy atom. The molecule has 4 rings (SSSR count). The molecule has 3 aromatic rings. The van der Waals surface area contributed by atoms with Gasteiger partial charge in [-0.05, 0) is 35.4 Å². The van der Waals surface area contributed by atoms with E-state index < -0.39 is 11.2 Å². The molecule has 0 radical (unpaired) electrons. The van der Waals surface area contributed by atoms with E-state index in [0.29, 0.717) is 5.69 Å². The number of amides is 3. The summed E-state index contributed by atoms with van der Waals surface area (Å²) < 4.78 is 0. The van der Waals surface area contributed by atoms with Gasteiger partial charge in [0.1, 0.15) is 11.0 Å². The largest absolute Gasteiger partial charge is 0.507 e. The van der Waals surface area contributed by atoms with E-state index in [4.69, 9.17) is 0 Å². The third-order valence-corrected chi connectivity index (χ3v) is 6.56. The predicted octanol–water partition coefficient (Wildman–Crippen LogP) is 4.22. The minimum atomic E-state index is -0.700. The smallest absolute Gasteiger partial charge is 0.275 e. The number of thioether (sulfide) groups is 1. The monoisotopic (exact) mass is 500 g/mol. The zero-order valence-corrected chi connectivity index (χ0v) is 20.1. The summed E-state index contributed by atoms with van der Waals surface area (Å²) in [5, 5.41) is 16.3. The molecule has 0 bridgehead atoms. The summed E-state index contributed by atoms with van der Waals surface area (Å²) >= 11 is 1.09. The summed E-state index contributed by atoms with van der Waals surface area (Å²) in [6.45, 7) is 3.84. The SMILES string of the molecule is C=CCN1C(=O)C(CC(=O)Nc2ccc(-c3ccccc3)cc2)S/C1=N/NC(=O)c1ccccc1O. The van der Waals surface area contributed by atoms with E-state index in [2.05, 4.69) is 22.4 Å². The number of nitrogens with one attached hydrogen (secondary N) is 2. The molecule has 36 heavy (non-hydrogen) atoms. The second kappa shape index (κ2) is 11.4. The highest BCUT2D eigenvalue weighted by atomic mass is 32.2. The highest BCUT2D eigenvalue weighted by Gasteiger charge is 2.39. The van der Waals surface area contributed by atoms with Gasteiger partial charge in [0.15, 0.2) is 5.17 Å². The van der Waals surface area contributed by atoms with Crippen molar-refractivity contribution in [3.8, 4) is 16.9 Å². The molecule has 182 valence electrons. The van der Waals surface area contributed by atoms with Crippen LogP contribution in [0, 0.1) is 0 Å². The van der Waals surface area contributed by atoms with Gasteiger partial charge in [-0.3, -0.25) is 19.3 Å². The third-order valence-electron chi connectivity index (χ3n) is 5.38. The minimum Gasteiger partial charge on any atom is -0.507 e. The molecule has 1 unspecified atom stereocenters. The molecule has 0 saturated carbocycles. The van der Waals surface area contributed by atoms with E-state index in [1.165, 1.54) is 23.1 Å². The van der Waals surface area contributed by atoms with Crippen molar-refractivity contribution in [3.63, 3.8) is 0 Å². The number of hydrogen-bond donors (Lipinski definition) is 3. The Morgan fingerprint density at radius 1 is 1.00 bits per heavy atom. The molecular formula is C27H24N4O4S. The Balaban J connectivity index is 1.39. The van der Waals surface area contributed by atoms with Crippen LogP contribution in [0.2, 0.25) is 0 Å². The number of anilines is 1. The topological polar surface area (TPSA) is 111 Å². The first-order chi connectivity index (χ1) is 17.5. The van der Waals surface area contributed by atoms with E-state index in [9.17, 15) is 19.5 Å². The zero-order chi connectivity index (χ0) is 25.5. The fraction of sp³-hybridized carbons (Fsp3) is 0.111. The second-order valence-corrected chi connectivity index (χ2v) is 9.06. The maximum Gasteiger partial charge on any atom is 0.275 e. The van der Waals surface area contributed by atoms with Crippen molar-refractivity contribution in [1.29, 1.82) is 0 Å². The first-order valence-electron chi connectivity index (χ1n) is 11.2. The van der Waals surface area contributed by atoms with Crippen LogP contribution in [0.4, 0.5) is 5.69 Å². The van der Waals surface area contributed by atoms with Gasteiger partial charge in [-0.25, -0.2) is 5.43 Å². The fourth-order valence-electron chi connectivity index (χ4n) is 3.60. The number of rotatable bonds is 8. The van der Waals surface area contributed by atoms with Crippen molar-refractivity contribution in [2.75, 3.05) is 11.9 Å². The quantitative estimate of drug-likeness (QED) is 0.317. The van der Waals surface area contributed by atoms with Gasteiger partial charge in [0.05, 0.1) is 5.56 Å². The lowest BCUT2D eigenvalue weighted by atomic mass is 10.1. The Labute approximate surface area is 212 Å². The maximum atomic E-state index is 12.9. The number of carbonyl (C=O) groups excluding carboxylic acids is 3. The summed E-state index contributed by atoms with van der Waals surface area (Å²) in [6.07, 6.45) is 1.47. The van der Waals surface area contributed by atoms with E-state index in [1.54, 1.807) is 12.1 Å². The maximum absolute atomic E-state index is 12.9. The molecule has 1 fully saturated rings. The van der Waals surface area contributed by atoms with Gasteiger partial charge in [-0.2, -0.15) is 0 Å².